The molecule has 1 heterocycles. The van der Waals surface area contributed by atoms with Gasteiger partial charge in [-0.3, -0.25) is 4.68 Å². The first-order valence-corrected chi connectivity index (χ1v) is 7.77. The zero-order chi connectivity index (χ0) is 13.8. The molecule has 2 rings (SSSR count). The Bertz CT molecular complexity index is 405. The van der Waals surface area contributed by atoms with E-state index >= 15 is 0 Å². The highest BCUT2D eigenvalue weighted by molar-refractivity contribution is 5.67. The normalized spacial score (nSPS) is 16.8. The van der Waals surface area contributed by atoms with Crippen LogP contribution in [0.4, 0.5) is 11.5 Å². The molecule has 108 valence electrons. The maximum atomic E-state index is 6.35. The van der Waals surface area contributed by atoms with Crippen LogP contribution in [0.25, 0.3) is 0 Å². The van der Waals surface area contributed by atoms with Crippen LogP contribution >= 0.6 is 0 Å². The zero-order valence-electron chi connectivity index (χ0n) is 12.7. The molecule has 0 saturated heterocycles. The van der Waals surface area contributed by atoms with Crippen LogP contribution in [0.1, 0.15) is 58.1 Å². The van der Waals surface area contributed by atoms with Crippen LogP contribution in [0.5, 0.6) is 0 Å². The lowest BCUT2D eigenvalue weighted by molar-refractivity contribution is 0.413. The van der Waals surface area contributed by atoms with Crippen molar-refractivity contribution in [3.8, 4) is 0 Å². The van der Waals surface area contributed by atoms with Crippen molar-refractivity contribution in [1.29, 1.82) is 0 Å². The highest BCUT2D eigenvalue weighted by atomic mass is 15.4. The summed E-state index contributed by atoms with van der Waals surface area (Å²) in [5, 5.41) is 4.61. The third-order valence-corrected chi connectivity index (χ3v) is 4.24. The Labute approximate surface area is 117 Å². The average molecular weight is 264 g/mol. The van der Waals surface area contributed by atoms with Crippen LogP contribution in [-0.2, 0) is 13.5 Å². The smallest absolute Gasteiger partial charge is 0.150 e. The van der Waals surface area contributed by atoms with E-state index in [-0.39, 0.29) is 0 Å². The van der Waals surface area contributed by atoms with Gasteiger partial charge in [-0.25, -0.2) is 0 Å². The summed E-state index contributed by atoms with van der Waals surface area (Å²) < 4.78 is 1.98. The van der Waals surface area contributed by atoms with Crippen molar-refractivity contribution in [2.24, 2.45) is 7.05 Å². The predicted molar refractivity (Wildman–Crippen MR) is 81.5 cm³/mol. The number of hydrogen-bond acceptors (Lipinski definition) is 3. The lowest BCUT2D eigenvalue weighted by Gasteiger charge is -2.35. The van der Waals surface area contributed by atoms with E-state index in [1.807, 2.05) is 11.7 Å². The van der Waals surface area contributed by atoms with Gasteiger partial charge in [0.05, 0.1) is 11.4 Å². The number of hydrogen-bond donors (Lipinski definition) is 1. The summed E-state index contributed by atoms with van der Waals surface area (Å²) in [6.07, 6.45) is 8.73. The number of anilines is 2. The highest BCUT2D eigenvalue weighted by Crippen LogP contribution is 2.32. The highest BCUT2D eigenvalue weighted by Gasteiger charge is 2.25. The molecule has 0 radical (unpaired) electrons. The fraction of sp³-hybridized carbons (Fsp3) is 0.800. The molecule has 0 aromatic carbocycles. The van der Waals surface area contributed by atoms with E-state index in [0.717, 1.165) is 36.6 Å². The van der Waals surface area contributed by atoms with Gasteiger partial charge in [-0.2, -0.15) is 5.10 Å². The van der Waals surface area contributed by atoms with Gasteiger partial charge in [0.2, 0.25) is 0 Å². The molecule has 1 aliphatic carbocycles. The molecule has 0 atom stereocenters. The summed E-state index contributed by atoms with van der Waals surface area (Å²) >= 11 is 0. The van der Waals surface area contributed by atoms with Crippen molar-refractivity contribution in [3.63, 3.8) is 0 Å². The molecule has 1 aliphatic rings. The second-order valence-corrected chi connectivity index (χ2v) is 5.64. The number of nitrogens with zero attached hydrogens (tertiary/aromatic N) is 3. The summed E-state index contributed by atoms with van der Waals surface area (Å²) in [7, 11) is 2.02. The van der Waals surface area contributed by atoms with E-state index in [9.17, 15) is 0 Å². The first-order chi connectivity index (χ1) is 9.19. The van der Waals surface area contributed by atoms with Crippen molar-refractivity contribution in [2.45, 2.75) is 64.8 Å². The molecule has 4 nitrogen and oxygen atoms in total. The second kappa shape index (κ2) is 6.31. The van der Waals surface area contributed by atoms with E-state index < -0.39 is 0 Å². The minimum Gasteiger partial charge on any atom is -0.394 e. The molecule has 0 aliphatic heterocycles. The molecular weight excluding hydrogens is 236 g/mol. The van der Waals surface area contributed by atoms with Gasteiger partial charge in [0.25, 0.3) is 0 Å². The summed E-state index contributed by atoms with van der Waals surface area (Å²) in [5.74, 6) is 1.14. The lowest BCUT2D eigenvalue weighted by Crippen LogP contribution is -2.38. The van der Waals surface area contributed by atoms with Crippen molar-refractivity contribution in [2.75, 3.05) is 17.2 Å². The first-order valence-electron chi connectivity index (χ1n) is 7.77. The molecule has 19 heavy (non-hydrogen) atoms. The molecule has 1 aromatic heterocycles. The van der Waals surface area contributed by atoms with Crippen molar-refractivity contribution in [1.82, 2.24) is 9.78 Å². The van der Waals surface area contributed by atoms with Gasteiger partial charge < -0.3 is 10.6 Å². The molecule has 0 spiro atoms. The van der Waals surface area contributed by atoms with Crippen LogP contribution in [0.2, 0.25) is 0 Å². The van der Waals surface area contributed by atoms with E-state index in [4.69, 9.17) is 5.73 Å². The third-order valence-electron chi connectivity index (χ3n) is 4.24. The van der Waals surface area contributed by atoms with Gasteiger partial charge >= 0.3 is 0 Å². The van der Waals surface area contributed by atoms with Crippen LogP contribution in [0, 0.1) is 0 Å². The molecule has 1 saturated carbocycles. The van der Waals surface area contributed by atoms with E-state index in [2.05, 4.69) is 23.8 Å². The summed E-state index contributed by atoms with van der Waals surface area (Å²) in [6.45, 7) is 5.41. The molecule has 4 heteroatoms. The van der Waals surface area contributed by atoms with Gasteiger partial charge in [0, 0.05) is 19.6 Å². The third kappa shape index (κ3) is 2.88. The first kappa shape index (κ1) is 14.2. The predicted octanol–water partition coefficient (Wildman–Crippen LogP) is 3.11. The molecule has 0 amide bonds. The zero-order valence-corrected chi connectivity index (χ0v) is 12.7. The van der Waals surface area contributed by atoms with Crippen LogP contribution in [0.3, 0.4) is 0 Å². The van der Waals surface area contributed by atoms with Crippen LogP contribution in [0.15, 0.2) is 0 Å². The molecule has 2 N–H and O–H groups in total. The summed E-state index contributed by atoms with van der Waals surface area (Å²) in [5.41, 5.74) is 8.31. The largest absolute Gasteiger partial charge is 0.394 e. The molecule has 0 bridgehead atoms. The van der Waals surface area contributed by atoms with Crippen molar-refractivity contribution in [3.05, 3.63) is 5.69 Å². The Morgan fingerprint density at radius 3 is 2.53 bits per heavy atom. The van der Waals surface area contributed by atoms with Gasteiger partial charge in [0.15, 0.2) is 5.82 Å². The standard InChI is InChI=1S/C15H28N4/c1-4-9-13-14(16)15(18(3)17-13)19(5-2)12-10-7-6-8-11-12/h12H,4-11,16H2,1-3H3. The van der Waals surface area contributed by atoms with Gasteiger partial charge in [-0.15, -0.1) is 0 Å². The second-order valence-electron chi connectivity index (χ2n) is 5.64. The molecular formula is C15H28N4. The van der Waals surface area contributed by atoms with Crippen LogP contribution < -0.4 is 10.6 Å². The van der Waals surface area contributed by atoms with Crippen molar-refractivity contribution >= 4 is 11.5 Å². The fourth-order valence-corrected chi connectivity index (χ4v) is 3.32. The van der Waals surface area contributed by atoms with Gasteiger partial charge in [-0.1, -0.05) is 32.6 Å². The minimum absolute atomic E-state index is 0.644. The average Bonchev–Trinajstić information content (AvgIpc) is 2.69. The molecule has 0 unspecified atom stereocenters. The van der Waals surface area contributed by atoms with Gasteiger partial charge in [0.1, 0.15) is 0 Å². The maximum Gasteiger partial charge on any atom is 0.150 e. The fourth-order valence-electron chi connectivity index (χ4n) is 3.32. The summed E-state index contributed by atoms with van der Waals surface area (Å²) in [6, 6.07) is 0.644. The Morgan fingerprint density at radius 1 is 1.26 bits per heavy atom. The quantitative estimate of drug-likeness (QED) is 0.889. The number of aromatic nitrogens is 2. The SMILES string of the molecule is CCCc1nn(C)c(N(CC)C2CCCCC2)c1N. The van der Waals surface area contributed by atoms with Crippen molar-refractivity contribution < 1.29 is 0 Å². The molecule has 1 aromatic rings. The minimum atomic E-state index is 0.644. The van der Waals surface area contributed by atoms with E-state index in [1.54, 1.807) is 0 Å². The monoisotopic (exact) mass is 264 g/mol. The Hall–Kier alpha value is -1.19. The Kier molecular flexibility index (Phi) is 4.72. The number of rotatable bonds is 5. The Morgan fingerprint density at radius 2 is 1.95 bits per heavy atom. The topological polar surface area (TPSA) is 47.1 Å². The number of nitrogen functional groups attached to an aromatic ring is 1. The van der Waals surface area contributed by atoms with Gasteiger partial charge in [-0.05, 0) is 26.2 Å². The van der Waals surface area contributed by atoms with Crippen LogP contribution in [-0.4, -0.2) is 22.4 Å². The number of aryl methyl sites for hydroxylation is 2. The Balaban J connectivity index is 2.26. The number of nitrogens with two attached hydrogens (primary N) is 1. The maximum absolute atomic E-state index is 6.35. The summed E-state index contributed by atoms with van der Waals surface area (Å²) in [4.78, 5) is 2.47. The lowest BCUT2D eigenvalue weighted by atomic mass is 9.94. The van der Waals surface area contributed by atoms with E-state index in [1.165, 1.54) is 32.1 Å². The van der Waals surface area contributed by atoms with E-state index in [0.29, 0.717) is 6.04 Å². The molecule has 1 fully saturated rings.